The number of hydrogen-bond donors (Lipinski definition) is 3. The molecular formula is C22H37N5O. The van der Waals surface area contributed by atoms with Crippen molar-refractivity contribution in [3.05, 3.63) is 35.4 Å². The second kappa shape index (κ2) is 12.4. The van der Waals surface area contributed by atoms with E-state index in [9.17, 15) is 4.79 Å². The molecule has 1 fully saturated rings. The van der Waals surface area contributed by atoms with Crippen molar-refractivity contribution in [2.75, 3.05) is 33.2 Å². The van der Waals surface area contributed by atoms with E-state index in [1.807, 2.05) is 31.2 Å². The summed E-state index contributed by atoms with van der Waals surface area (Å²) in [6.45, 7) is 9.00. The molecule has 1 aliphatic rings. The maximum Gasteiger partial charge on any atom is 0.251 e. The molecule has 6 heteroatoms. The van der Waals surface area contributed by atoms with Crippen molar-refractivity contribution in [1.82, 2.24) is 20.9 Å². The van der Waals surface area contributed by atoms with E-state index in [1.165, 1.54) is 25.8 Å². The lowest BCUT2D eigenvalue weighted by molar-refractivity contribution is 0.0953. The zero-order valence-electron chi connectivity index (χ0n) is 17.8. The first-order chi connectivity index (χ1) is 13.6. The van der Waals surface area contributed by atoms with Crippen molar-refractivity contribution in [2.45, 2.75) is 58.5 Å². The van der Waals surface area contributed by atoms with Crippen LogP contribution in [0.25, 0.3) is 0 Å². The lowest BCUT2D eigenvalue weighted by Gasteiger charge is -2.33. The lowest BCUT2D eigenvalue weighted by Crippen LogP contribution is -2.41. The summed E-state index contributed by atoms with van der Waals surface area (Å²) in [5.41, 5.74) is 1.76. The van der Waals surface area contributed by atoms with Gasteiger partial charge in [-0.15, -0.1) is 0 Å². The van der Waals surface area contributed by atoms with Crippen molar-refractivity contribution in [3.63, 3.8) is 0 Å². The average Bonchev–Trinajstić information content (AvgIpc) is 2.73. The van der Waals surface area contributed by atoms with Crippen LogP contribution in [-0.2, 0) is 6.54 Å². The van der Waals surface area contributed by atoms with E-state index in [4.69, 9.17) is 0 Å². The largest absolute Gasteiger partial charge is 0.356 e. The minimum atomic E-state index is -0.0156. The van der Waals surface area contributed by atoms with Gasteiger partial charge in [0.05, 0.1) is 0 Å². The predicted octanol–water partition coefficient (Wildman–Crippen LogP) is 2.76. The number of nitrogens with zero attached hydrogens (tertiary/aromatic N) is 2. The monoisotopic (exact) mass is 387 g/mol. The van der Waals surface area contributed by atoms with Crippen LogP contribution in [0.3, 0.4) is 0 Å². The van der Waals surface area contributed by atoms with Crippen LogP contribution in [0.15, 0.2) is 29.3 Å². The smallest absolute Gasteiger partial charge is 0.251 e. The minimum Gasteiger partial charge on any atom is -0.356 e. The first-order valence-corrected chi connectivity index (χ1v) is 10.7. The van der Waals surface area contributed by atoms with Gasteiger partial charge in [-0.2, -0.15) is 0 Å². The molecule has 6 nitrogen and oxygen atoms in total. The summed E-state index contributed by atoms with van der Waals surface area (Å²) < 4.78 is 0. The van der Waals surface area contributed by atoms with Gasteiger partial charge in [-0.1, -0.05) is 25.5 Å². The van der Waals surface area contributed by atoms with E-state index < -0.39 is 0 Å². The molecule has 1 atom stereocenters. The molecule has 1 heterocycles. The summed E-state index contributed by atoms with van der Waals surface area (Å²) in [7, 11) is 1.79. The highest BCUT2D eigenvalue weighted by Crippen LogP contribution is 2.16. The molecule has 156 valence electrons. The predicted molar refractivity (Wildman–Crippen MR) is 117 cm³/mol. The molecule has 0 saturated carbocycles. The zero-order chi connectivity index (χ0) is 20.2. The second-order valence-electron chi connectivity index (χ2n) is 7.54. The highest BCUT2D eigenvalue weighted by atomic mass is 16.1. The van der Waals surface area contributed by atoms with E-state index in [0.717, 1.165) is 37.5 Å². The van der Waals surface area contributed by atoms with Crippen LogP contribution in [0.5, 0.6) is 0 Å². The Morgan fingerprint density at radius 1 is 1.21 bits per heavy atom. The Balaban J connectivity index is 1.72. The Morgan fingerprint density at radius 3 is 2.82 bits per heavy atom. The molecule has 1 unspecified atom stereocenters. The molecule has 2 rings (SSSR count). The third-order valence-electron chi connectivity index (χ3n) is 5.26. The fourth-order valence-electron chi connectivity index (χ4n) is 3.55. The van der Waals surface area contributed by atoms with E-state index in [1.54, 1.807) is 7.05 Å². The number of rotatable bonds is 9. The topological polar surface area (TPSA) is 68.8 Å². The number of aliphatic imine (C=N–C) groups is 1. The van der Waals surface area contributed by atoms with Crippen LogP contribution >= 0.6 is 0 Å². The van der Waals surface area contributed by atoms with Crippen molar-refractivity contribution >= 4 is 11.9 Å². The molecule has 1 aromatic carbocycles. The lowest BCUT2D eigenvalue weighted by atomic mass is 10.0. The third-order valence-corrected chi connectivity index (χ3v) is 5.26. The maximum absolute atomic E-state index is 12.1. The number of amides is 1. The van der Waals surface area contributed by atoms with E-state index in [0.29, 0.717) is 24.7 Å². The van der Waals surface area contributed by atoms with Crippen LogP contribution in [0.1, 0.15) is 61.9 Å². The van der Waals surface area contributed by atoms with E-state index >= 15 is 0 Å². The van der Waals surface area contributed by atoms with Crippen molar-refractivity contribution in [3.8, 4) is 0 Å². The van der Waals surface area contributed by atoms with Gasteiger partial charge in [0, 0.05) is 44.8 Å². The molecule has 0 radical (unpaired) electrons. The van der Waals surface area contributed by atoms with Gasteiger partial charge in [0.15, 0.2) is 5.96 Å². The molecular weight excluding hydrogens is 350 g/mol. The van der Waals surface area contributed by atoms with E-state index in [-0.39, 0.29) is 5.91 Å². The molecule has 1 saturated heterocycles. The fourth-order valence-corrected chi connectivity index (χ4v) is 3.55. The summed E-state index contributed by atoms with van der Waals surface area (Å²) >= 11 is 0. The van der Waals surface area contributed by atoms with Crippen LogP contribution < -0.4 is 16.0 Å². The number of piperidine rings is 1. The van der Waals surface area contributed by atoms with Crippen molar-refractivity contribution < 1.29 is 4.79 Å². The number of nitrogens with one attached hydrogen (secondary N) is 3. The SMILES string of the molecule is CCCNC(=O)c1cccc(CNC(=NC)NCCCN2CCCCC2C)c1. The summed E-state index contributed by atoms with van der Waals surface area (Å²) in [6, 6.07) is 8.45. The molecule has 1 amide bonds. The van der Waals surface area contributed by atoms with E-state index in [2.05, 4.69) is 32.8 Å². The second-order valence-corrected chi connectivity index (χ2v) is 7.54. The van der Waals surface area contributed by atoms with Gasteiger partial charge in [0.1, 0.15) is 0 Å². The van der Waals surface area contributed by atoms with Gasteiger partial charge in [0.25, 0.3) is 5.91 Å². The Labute approximate surface area is 170 Å². The molecule has 3 N–H and O–H groups in total. The van der Waals surface area contributed by atoms with Crippen LogP contribution in [0, 0.1) is 0 Å². The molecule has 0 spiro atoms. The van der Waals surface area contributed by atoms with Gasteiger partial charge in [-0.3, -0.25) is 9.79 Å². The number of hydrogen-bond acceptors (Lipinski definition) is 3. The first-order valence-electron chi connectivity index (χ1n) is 10.7. The minimum absolute atomic E-state index is 0.0156. The quantitative estimate of drug-likeness (QED) is 0.346. The van der Waals surface area contributed by atoms with Crippen molar-refractivity contribution in [2.24, 2.45) is 4.99 Å². The normalized spacial score (nSPS) is 18.0. The zero-order valence-corrected chi connectivity index (χ0v) is 17.8. The van der Waals surface area contributed by atoms with Crippen LogP contribution in [0.2, 0.25) is 0 Å². The summed E-state index contributed by atoms with van der Waals surface area (Å²) in [5, 5.41) is 9.65. The Bertz CT molecular complexity index is 631. The summed E-state index contributed by atoms with van der Waals surface area (Å²) in [4.78, 5) is 19.0. The van der Waals surface area contributed by atoms with Crippen LogP contribution in [-0.4, -0.2) is 56.0 Å². The molecule has 0 bridgehead atoms. The van der Waals surface area contributed by atoms with Gasteiger partial charge < -0.3 is 20.9 Å². The fraction of sp³-hybridized carbons (Fsp3) is 0.636. The standard InChI is InChI=1S/C22H37N5O/c1-4-12-24-21(28)20-11-7-10-19(16-20)17-26-22(23-3)25-13-8-15-27-14-6-5-9-18(27)2/h7,10-11,16,18H,4-6,8-9,12-15,17H2,1-3H3,(H,24,28)(H2,23,25,26). The van der Waals surface area contributed by atoms with Gasteiger partial charge in [-0.25, -0.2) is 0 Å². The highest BCUT2D eigenvalue weighted by molar-refractivity contribution is 5.94. The molecule has 28 heavy (non-hydrogen) atoms. The third kappa shape index (κ3) is 7.50. The maximum atomic E-state index is 12.1. The number of carbonyl (C=O) groups is 1. The first kappa shape index (κ1) is 22.2. The average molecular weight is 388 g/mol. The molecule has 1 aromatic rings. The summed E-state index contributed by atoms with van der Waals surface area (Å²) in [6.07, 6.45) is 6.07. The number of carbonyl (C=O) groups excluding carboxylic acids is 1. The number of benzene rings is 1. The Morgan fingerprint density at radius 2 is 2.07 bits per heavy atom. The van der Waals surface area contributed by atoms with Crippen LogP contribution in [0.4, 0.5) is 0 Å². The number of likely N-dealkylation sites (tertiary alicyclic amines) is 1. The van der Waals surface area contributed by atoms with Gasteiger partial charge in [0.2, 0.25) is 0 Å². The van der Waals surface area contributed by atoms with Gasteiger partial charge >= 0.3 is 0 Å². The number of guanidine groups is 1. The molecule has 1 aliphatic heterocycles. The Hall–Kier alpha value is -2.08. The molecule has 0 aromatic heterocycles. The summed E-state index contributed by atoms with van der Waals surface area (Å²) in [5.74, 6) is 0.783. The highest BCUT2D eigenvalue weighted by Gasteiger charge is 2.17. The van der Waals surface area contributed by atoms with Gasteiger partial charge in [-0.05, 0) is 56.8 Å². The van der Waals surface area contributed by atoms with Crippen molar-refractivity contribution in [1.29, 1.82) is 0 Å². The Kier molecular flexibility index (Phi) is 9.83. The molecule has 0 aliphatic carbocycles.